The topological polar surface area (TPSA) is 38.3 Å². The molecule has 0 fully saturated rings. The van der Waals surface area contributed by atoms with Crippen LogP contribution in [0.5, 0.6) is 0 Å². The molecule has 0 saturated heterocycles. The summed E-state index contributed by atoms with van der Waals surface area (Å²) in [6.07, 6.45) is 0. The van der Waals surface area contributed by atoms with Crippen LogP contribution in [0.1, 0.15) is 12.5 Å². The molecular weight excluding hydrogens is 221 g/mol. The van der Waals surface area contributed by atoms with Gasteiger partial charge in [0.1, 0.15) is 5.82 Å². The minimum Gasteiger partial charge on any atom is -0.463 e. The van der Waals surface area contributed by atoms with Crippen LogP contribution in [0.2, 0.25) is 0 Å². The van der Waals surface area contributed by atoms with Crippen LogP contribution in [0.3, 0.4) is 0 Å². The van der Waals surface area contributed by atoms with E-state index in [1.807, 2.05) is 0 Å². The highest BCUT2D eigenvalue weighted by Gasteiger charge is 2.07. The molecule has 1 N–H and O–H groups in total. The quantitative estimate of drug-likeness (QED) is 0.632. The summed E-state index contributed by atoms with van der Waals surface area (Å²) in [4.78, 5) is 11.2. The molecule has 92 valence electrons. The van der Waals surface area contributed by atoms with Crippen LogP contribution in [-0.2, 0) is 9.53 Å². The molecule has 1 aromatic rings. The van der Waals surface area contributed by atoms with Gasteiger partial charge in [-0.3, -0.25) is 0 Å². The first kappa shape index (κ1) is 13.2. The number of hydrogen-bond donors (Lipinski definition) is 1. The van der Waals surface area contributed by atoms with Gasteiger partial charge in [0.05, 0.1) is 6.61 Å². The summed E-state index contributed by atoms with van der Waals surface area (Å²) in [5, 5.41) is 2.91. The first-order valence-corrected chi connectivity index (χ1v) is 5.39. The Balaban J connectivity index is 2.53. The molecule has 0 unspecified atom stereocenters. The van der Waals surface area contributed by atoms with Gasteiger partial charge in [-0.2, -0.15) is 0 Å². The average Bonchev–Trinajstić information content (AvgIpc) is 2.30. The number of halogens is 1. The monoisotopic (exact) mass is 237 g/mol. The number of benzene rings is 1. The molecule has 0 spiro atoms. The highest BCUT2D eigenvalue weighted by atomic mass is 19.1. The van der Waals surface area contributed by atoms with E-state index < -0.39 is 5.97 Å². The molecule has 3 nitrogen and oxygen atoms in total. The van der Waals surface area contributed by atoms with Crippen LogP contribution < -0.4 is 5.32 Å². The normalized spacial score (nSPS) is 9.82. The van der Waals surface area contributed by atoms with Crippen molar-refractivity contribution in [2.24, 2.45) is 0 Å². The van der Waals surface area contributed by atoms with Crippen molar-refractivity contribution < 1.29 is 13.9 Å². The van der Waals surface area contributed by atoms with Crippen LogP contribution in [0.15, 0.2) is 30.4 Å². The van der Waals surface area contributed by atoms with Gasteiger partial charge in [0.15, 0.2) is 0 Å². The van der Waals surface area contributed by atoms with E-state index in [2.05, 4.69) is 11.9 Å². The van der Waals surface area contributed by atoms with Crippen LogP contribution in [0.4, 0.5) is 10.1 Å². The summed E-state index contributed by atoms with van der Waals surface area (Å²) in [5.41, 5.74) is 1.51. The van der Waals surface area contributed by atoms with Crippen LogP contribution >= 0.6 is 0 Å². The minimum atomic E-state index is -0.437. The van der Waals surface area contributed by atoms with E-state index in [1.54, 1.807) is 26.0 Å². The van der Waals surface area contributed by atoms with Crippen molar-refractivity contribution in [3.8, 4) is 0 Å². The first-order valence-electron chi connectivity index (χ1n) is 5.39. The minimum absolute atomic E-state index is 0.237. The molecule has 0 bridgehead atoms. The van der Waals surface area contributed by atoms with Gasteiger partial charge in [0.2, 0.25) is 0 Å². The summed E-state index contributed by atoms with van der Waals surface area (Å²) in [7, 11) is 0. The van der Waals surface area contributed by atoms with E-state index in [1.165, 1.54) is 6.07 Å². The highest BCUT2D eigenvalue weighted by molar-refractivity contribution is 5.88. The maximum absolute atomic E-state index is 13.2. The van der Waals surface area contributed by atoms with E-state index in [4.69, 9.17) is 4.74 Å². The zero-order chi connectivity index (χ0) is 12.8. The van der Waals surface area contributed by atoms with E-state index in [0.29, 0.717) is 23.4 Å². The number of carbonyl (C=O) groups is 1. The maximum atomic E-state index is 13.2. The number of aryl methyl sites for hydroxylation is 1. The largest absolute Gasteiger partial charge is 0.463 e. The molecule has 0 aliphatic carbocycles. The second-order valence-corrected chi connectivity index (χ2v) is 3.64. The molecule has 4 heteroatoms. The van der Waals surface area contributed by atoms with Crippen LogP contribution in [0.25, 0.3) is 0 Å². The Morgan fingerprint density at radius 1 is 1.53 bits per heavy atom. The van der Waals surface area contributed by atoms with Crippen molar-refractivity contribution in [2.45, 2.75) is 13.8 Å². The van der Waals surface area contributed by atoms with Gasteiger partial charge in [0.25, 0.3) is 0 Å². The van der Waals surface area contributed by atoms with Gasteiger partial charge >= 0.3 is 5.97 Å². The van der Waals surface area contributed by atoms with E-state index in [0.717, 1.165) is 0 Å². The van der Waals surface area contributed by atoms with Crippen molar-refractivity contribution in [1.82, 2.24) is 0 Å². The van der Waals surface area contributed by atoms with Crippen LogP contribution in [-0.4, -0.2) is 19.1 Å². The van der Waals surface area contributed by atoms with E-state index >= 15 is 0 Å². The Kier molecular flexibility index (Phi) is 4.69. The molecule has 0 aliphatic rings. The third-order valence-corrected chi connectivity index (χ3v) is 2.24. The van der Waals surface area contributed by atoms with Crippen LogP contribution in [0, 0.1) is 12.7 Å². The Hall–Kier alpha value is -1.84. The molecule has 17 heavy (non-hydrogen) atoms. The van der Waals surface area contributed by atoms with Crippen molar-refractivity contribution in [1.29, 1.82) is 0 Å². The summed E-state index contributed by atoms with van der Waals surface area (Å²) in [6.45, 7) is 7.57. The molecule has 1 aromatic carbocycles. The zero-order valence-corrected chi connectivity index (χ0v) is 10.0. The highest BCUT2D eigenvalue weighted by Crippen LogP contribution is 2.13. The maximum Gasteiger partial charge on any atom is 0.335 e. The zero-order valence-electron chi connectivity index (χ0n) is 10.0. The van der Waals surface area contributed by atoms with Crippen molar-refractivity contribution in [3.63, 3.8) is 0 Å². The van der Waals surface area contributed by atoms with Gasteiger partial charge in [-0.15, -0.1) is 0 Å². The first-order chi connectivity index (χ1) is 8.04. The summed E-state index contributed by atoms with van der Waals surface area (Å²) < 4.78 is 18.0. The molecule has 1 rings (SSSR count). The van der Waals surface area contributed by atoms with Gasteiger partial charge in [-0.05, 0) is 31.5 Å². The second kappa shape index (κ2) is 6.03. The van der Waals surface area contributed by atoms with Crippen molar-refractivity contribution in [2.75, 3.05) is 18.5 Å². The number of esters is 1. The second-order valence-electron chi connectivity index (χ2n) is 3.64. The average molecular weight is 237 g/mol. The lowest BCUT2D eigenvalue weighted by molar-refractivity contribution is -0.138. The third-order valence-electron chi connectivity index (χ3n) is 2.24. The number of nitrogens with one attached hydrogen (secondary N) is 1. The molecular formula is C13H16FNO2. The third kappa shape index (κ3) is 3.90. The molecule has 0 radical (unpaired) electrons. The number of carbonyl (C=O) groups excluding carboxylic acids is 1. The summed E-state index contributed by atoms with van der Waals surface area (Å²) >= 11 is 0. The fourth-order valence-corrected chi connectivity index (χ4v) is 1.22. The van der Waals surface area contributed by atoms with Crippen molar-refractivity contribution >= 4 is 11.7 Å². The van der Waals surface area contributed by atoms with Gasteiger partial charge < -0.3 is 10.1 Å². The predicted octanol–water partition coefficient (Wildman–Crippen LogP) is 2.67. The Labute approximate surface area is 100 Å². The summed E-state index contributed by atoms with van der Waals surface area (Å²) in [6, 6.07) is 4.80. The predicted molar refractivity (Wildman–Crippen MR) is 65.4 cm³/mol. The lowest BCUT2D eigenvalue weighted by atomic mass is 10.2. The van der Waals surface area contributed by atoms with Crippen molar-refractivity contribution in [3.05, 3.63) is 41.7 Å². The Morgan fingerprint density at radius 3 is 2.82 bits per heavy atom. The Morgan fingerprint density at radius 2 is 2.24 bits per heavy atom. The molecule has 0 aliphatic heterocycles. The standard InChI is InChI=1S/C13H16FNO2/c1-4-17-13(16)10(3)8-15-11-6-5-9(2)12(14)7-11/h5-7,15H,3-4,8H2,1-2H3. The van der Waals surface area contributed by atoms with Gasteiger partial charge in [0, 0.05) is 17.8 Å². The van der Waals surface area contributed by atoms with E-state index in [9.17, 15) is 9.18 Å². The van der Waals surface area contributed by atoms with E-state index in [-0.39, 0.29) is 12.4 Å². The number of ether oxygens (including phenoxy) is 1. The fourth-order valence-electron chi connectivity index (χ4n) is 1.22. The van der Waals surface area contributed by atoms with Gasteiger partial charge in [-0.1, -0.05) is 12.6 Å². The number of rotatable bonds is 5. The fraction of sp³-hybridized carbons (Fsp3) is 0.308. The molecule has 0 saturated carbocycles. The molecule has 0 amide bonds. The molecule has 0 aromatic heterocycles. The number of anilines is 1. The van der Waals surface area contributed by atoms with Gasteiger partial charge in [-0.25, -0.2) is 9.18 Å². The molecule has 0 atom stereocenters. The SMILES string of the molecule is C=C(CNc1ccc(C)c(F)c1)C(=O)OCC. The smallest absolute Gasteiger partial charge is 0.335 e. The summed E-state index contributed by atoms with van der Waals surface area (Å²) in [5.74, 6) is -0.718. The lowest BCUT2D eigenvalue weighted by Gasteiger charge is -2.09. The number of hydrogen-bond acceptors (Lipinski definition) is 3. The molecule has 0 heterocycles. The lowest BCUT2D eigenvalue weighted by Crippen LogP contribution is -2.14. The Bertz CT molecular complexity index is 429.